The number of carbonyl (C=O) groups is 3. The summed E-state index contributed by atoms with van der Waals surface area (Å²) in [4.78, 5) is 40.4. The number of thioether (sulfide) groups is 1. The fourth-order valence-corrected chi connectivity index (χ4v) is 6.25. The number of fused-ring (bicyclic) bond motifs is 1. The van der Waals surface area contributed by atoms with Gasteiger partial charge in [-0.1, -0.05) is 12.5 Å². The average molecular weight is 536 g/mol. The van der Waals surface area contributed by atoms with Gasteiger partial charge in [-0.05, 0) is 50.0 Å². The van der Waals surface area contributed by atoms with Gasteiger partial charge in [0.05, 0.1) is 0 Å². The standard InChI is InChI=1S/C26H25F4N3O3S/c27-21-16(11-32-9-2-1-3-10-32)22(28)24(30)17(23(21)29)13-37-19-6-4-5-14-15(19)12-33(26(14)36)18-7-8-20(34)31-25(18)35/h4-6,18H,1-3,7-13H2,(H,31,34,35). The summed E-state index contributed by atoms with van der Waals surface area (Å²) in [5.74, 6) is -7.30. The third-order valence-electron chi connectivity index (χ3n) is 7.19. The highest BCUT2D eigenvalue weighted by Gasteiger charge is 2.40. The van der Waals surface area contributed by atoms with Gasteiger partial charge in [-0.25, -0.2) is 17.6 Å². The van der Waals surface area contributed by atoms with E-state index in [0.717, 1.165) is 31.0 Å². The summed E-state index contributed by atoms with van der Waals surface area (Å²) < 4.78 is 59.5. The molecule has 2 saturated heterocycles. The van der Waals surface area contributed by atoms with Crippen LogP contribution in [0.15, 0.2) is 23.1 Å². The molecule has 0 bridgehead atoms. The lowest BCUT2D eigenvalue weighted by Gasteiger charge is -2.29. The predicted octanol–water partition coefficient (Wildman–Crippen LogP) is 4.28. The molecule has 5 rings (SSSR count). The molecule has 196 valence electrons. The van der Waals surface area contributed by atoms with Crippen LogP contribution in [-0.2, 0) is 28.4 Å². The Morgan fingerprint density at radius 2 is 1.59 bits per heavy atom. The summed E-state index contributed by atoms with van der Waals surface area (Å²) in [5, 5.41) is 2.23. The lowest BCUT2D eigenvalue weighted by molar-refractivity contribution is -0.136. The van der Waals surface area contributed by atoms with Crippen LogP contribution in [0.1, 0.15) is 59.2 Å². The largest absolute Gasteiger partial charge is 0.322 e. The van der Waals surface area contributed by atoms with E-state index in [1.54, 1.807) is 23.1 Å². The van der Waals surface area contributed by atoms with Gasteiger partial charge >= 0.3 is 0 Å². The number of nitrogens with one attached hydrogen (secondary N) is 1. The first-order chi connectivity index (χ1) is 17.8. The Morgan fingerprint density at radius 3 is 2.27 bits per heavy atom. The van der Waals surface area contributed by atoms with Gasteiger partial charge in [0.25, 0.3) is 5.91 Å². The molecule has 0 aliphatic carbocycles. The SMILES string of the molecule is O=C1CCC(N2Cc3c(SCc4c(F)c(F)c(CN5CCCCC5)c(F)c4F)cccc3C2=O)C(=O)N1. The molecule has 0 spiro atoms. The van der Waals surface area contributed by atoms with Crippen molar-refractivity contribution in [2.75, 3.05) is 13.1 Å². The zero-order valence-electron chi connectivity index (χ0n) is 19.9. The molecule has 3 aliphatic heterocycles. The molecule has 3 heterocycles. The van der Waals surface area contributed by atoms with Gasteiger partial charge in [-0.3, -0.25) is 24.6 Å². The van der Waals surface area contributed by atoms with Crippen molar-refractivity contribution in [1.29, 1.82) is 0 Å². The van der Waals surface area contributed by atoms with E-state index in [1.165, 1.54) is 4.90 Å². The second-order valence-electron chi connectivity index (χ2n) is 9.52. The van der Waals surface area contributed by atoms with E-state index < -0.39 is 58.0 Å². The van der Waals surface area contributed by atoms with Crippen molar-refractivity contribution in [3.63, 3.8) is 0 Å². The maximum absolute atomic E-state index is 14.9. The van der Waals surface area contributed by atoms with Crippen LogP contribution in [-0.4, -0.2) is 46.7 Å². The number of hydrogen-bond acceptors (Lipinski definition) is 5. The predicted molar refractivity (Wildman–Crippen MR) is 127 cm³/mol. The lowest BCUT2D eigenvalue weighted by Crippen LogP contribution is -2.52. The van der Waals surface area contributed by atoms with Crippen LogP contribution >= 0.6 is 11.8 Å². The number of halogens is 4. The number of imide groups is 1. The second kappa shape index (κ2) is 10.4. The van der Waals surface area contributed by atoms with Crippen LogP contribution in [0.25, 0.3) is 0 Å². The lowest BCUT2D eigenvalue weighted by atomic mass is 10.0. The monoisotopic (exact) mass is 535 g/mol. The Morgan fingerprint density at radius 1 is 0.919 bits per heavy atom. The Labute approximate surface area is 215 Å². The van der Waals surface area contributed by atoms with E-state index in [-0.39, 0.29) is 31.8 Å². The number of carbonyl (C=O) groups excluding carboxylic acids is 3. The molecule has 2 aromatic rings. The summed E-state index contributed by atoms with van der Waals surface area (Å²) in [5.41, 5.74) is -0.404. The molecule has 0 radical (unpaired) electrons. The normalized spacial score (nSPS) is 20.4. The maximum atomic E-state index is 14.9. The zero-order chi connectivity index (χ0) is 26.3. The number of rotatable bonds is 6. The van der Waals surface area contributed by atoms with Crippen LogP contribution in [0, 0.1) is 23.3 Å². The Kier molecular flexibility index (Phi) is 7.26. The van der Waals surface area contributed by atoms with Gasteiger partial charge in [0.15, 0.2) is 23.3 Å². The van der Waals surface area contributed by atoms with Crippen molar-refractivity contribution in [2.24, 2.45) is 0 Å². The number of amides is 3. The van der Waals surface area contributed by atoms with Gasteiger partial charge in [0.1, 0.15) is 6.04 Å². The molecule has 2 fully saturated rings. The zero-order valence-corrected chi connectivity index (χ0v) is 20.7. The van der Waals surface area contributed by atoms with Crippen molar-refractivity contribution in [3.8, 4) is 0 Å². The summed E-state index contributed by atoms with van der Waals surface area (Å²) in [6, 6.07) is 4.03. The second-order valence-corrected chi connectivity index (χ2v) is 10.5. The van der Waals surface area contributed by atoms with Gasteiger partial charge < -0.3 is 4.90 Å². The first-order valence-electron chi connectivity index (χ1n) is 12.2. The van der Waals surface area contributed by atoms with Gasteiger partial charge in [-0.15, -0.1) is 11.8 Å². The van der Waals surface area contributed by atoms with Gasteiger partial charge in [0.2, 0.25) is 11.8 Å². The van der Waals surface area contributed by atoms with Crippen molar-refractivity contribution in [1.82, 2.24) is 15.1 Å². The highest BCUT2D eigenvalue weighted by molar-refractivity contribution is 7.98. The molecule has 0 aromatic heterocycles. The van der Waals surface area contributed by atoms with E-state index >= 15 is 0 Å². The number of hydrogen-bond donors (Lipinski definition) is 1. The average Bonchev–Trinajstić information content (AvgIpc) is 3.23. The third kappa shape index (κ3) is 4.86. The maximum Gasteiger partial charge on any atom is 0.255 e. The molecule has 6 nitrogen and oxygen atoms in total. The van der Waals surface area contributed by atoms with Crippen molar-refractivity contribution in [3.05, 3.63) is 63.7 Å². The first kappa shape index (κ1) is 25.7. The summed E-state index contributed by atoms with van der Waals surface area (Å²) in [7, 11) is 0. The minimum absolute atomic E-state index is 0.0755. The summed E-state index contributed by atoms with van der Waals surface area (Å²) in [6.07, 6.45) is 3.06. The van der Waals surface area contributed by atoms with Crippen LogP contribution in [0.2, 0.25) is 0 Å². The molecular weight excluding hydrogens is 510 g/mol. The highest BCUT2D eigenvalue weighted by Crippen LogP contribution is 2.37. The van der Waals surface area contributed by atoms with E-state index in [9.17, 15) is 31.9 Å². The number of nitrogens with zero attached hydrogens (tertiary/aromatic N) is 2. The topological polar surface area (TPSA) is 69.7 Å². The number of likely N-dealkylation sites (tertiary alicyclic amines) is 1. The molecule has 2 aromatic carbocycles. The van der Waals surface area contributed by atoms with Gasteiger partial charge in [0, 0.05) is 46.8 Å². The molecule has 3 aliphatic rings. The number of piperidine rings is 2. The fraction of sp³-hybridized carbons (Fsp3) is 0.423. The van der Waals surface area contributed by atoms with E-state index in [0.29, 0.717) is 29.1 Å². The van der Waals surface area contributed by atoms with Crippen molar-refractivity contribution in [2.45, 2.75) is 61.9 Å². The quantitative estimate of drug-likeness (QED) is 0.259. The third-order valence-corrected chi connectivity index (χ3v) is 8.31. The Hall–Kier alpha value is -2.92. The van der Waals surface area contributed by atoms with Gasteiger partial charge in [-0.2, -0.15) is 0 Å². The smallest absolute Gasteiger partial charge is 0.255 e. The first-order valence-corrected chi connectivity index (χ1v) is 13.2. The minimum atomic E-state index is -1.41. The summed E-state index contributed by atoms with van der Waals surface area (Å²) in [6.45, 7) is 1.12. The molecule has 3 amide bonds. The van der Waals surface area contributed by atoms with Crippen molar-refractivity contribution < 1.29 is 31.9 Å². The highest BCUT2D eigenvalue weighted by atomic mass is 32.2. The van der Waals surface area contributed by atoms with Crippen LogP contribution < -0.4 is 5.32 Å². The molecule has 1 N–H and O–H groups in total. The Bertz CT molecular complexity index is 1250. The van der Waals surface area contributed by atoms with Crippen LogP contribution in [0.4, 0.5) is 17.6 Å². The molecule has 37 heavy (non-hydrogen) atoms. The Balaban J connectivity index is 1.35. The van der Waals surface area contributed by atoms with Crippen LogP contribution in [0.3, 0.4) is 0 Å². The van der Waals surface area contributed by atoms with E-state index in [4.69, 9.17) is 0 Å². The molecule has 11 heteroatoms. The fourth-order valence-electron chi connectivity index (χ4n) is 5.17. The van der Waals surface area contributed by atoms with E-state index in [1.807, 2.05) is 0 Å². The van der Waals surface area contributed by atoms with E-state index in [2.05, 4.69) is 5.32 Å². The minimum Gasteiger partial charge on any atom is -0.322 e. The molecular formula is C26H25F4N3O3S. The van der Waals surface area contributed by atoms with Crippen molar-refractivity contribution >= 4 is 29.5 Å². The molecule has 0 saturated carbocycles. The van der Waals surface area contributed by atoms with Crippen LogP contribution in [0.5, 0.6) is 0 Å². The molecule has 1 atom stereocenters. The number of benzene rings is 2. The molecule has 1 unspecified atom stereocenters. The summed E-state index contributed by atoms with van der Waals surface area (Å²) >= 11 is 0.961.